The van der Waals surface area contributed by atoms with Gasteiger partial charge in [0.2, 0.25) is 0 Å². The van der Waals surface area contributed by atoms with Crippen LogP contribution in [0.25, 0.3) is 0 Å². The van der Waals surface area contributed by atoms with Gasteiger partial charge in [0.1, 0.15) is 5.60 Å². The van der Waals surface area contributed by atoms with Gasteiger partial charge in [-0.3, -0.25) is 0 Å². The van der Waals surface area contributed by atoms with Crippen LogP contribution in [0.1, 0.15) is 28.7 Å². The summed E-state index contributed by atoms with van der Waals surface area (Å²) in [5.74, 6) is 0. The van der Waals surface area contributed by atoms with Crippen molar-refractivity contribution < 1.29 is 27.8 Å². The summed E-state index contributed by atoms with van der Waals surface area (Å²) >= 11 is 5.31. The summed E-state index contributed by atoms with van der Waals surface area (Å²) in [5, 5.41) is 9.52. The van der Waals surface area contributed by atoms with Crippen molar-refractivity contribution >= 4 is 38.5 Å². The Kier molecular flexibility index (Phi) is 6.22. The van der Waals surface area contributed by atoms with E-state index < -0.39 is 19.9 Å². The Labute approximate surface area is 177 Å². The first-order chi connectivity index (χ1) is 12.7. The summed E-state index contributed by atoms with van der Waals surface area (Å²) in [7, 11) is 0. The second kappa shape index (κ2) is 7.98. The third-order valence-electron chi connectivity index (χ3n) is 4.54. The number of alkyl halides is 5. The average Bonchev–Trinajstić information content (AvgIpc) is 2.99. The van der Waals surface area contributed by atoms with Crippen LogP contribution in [0.5, 0.6) is 0 Å². The second-order valence-electron chi connectivity index (χ2n) is 6.30. The molecule has 3 nitrogen and oxygen atoms in total. The third-order valence-corrected chi connectivity index (χ3v) is 6.16. The van der Waals surface area contributed by atoms with Crippen LogP contribution in [-0.2, 0) is 30.4 Å². The van der Waals surface area contributed by atoms with Crippen molar-refractivity contribution in [2.24, 2.45) is 0 Å². The largest absolute Gasteiger partial charge is 0.416 e. The van der Waals surface area contributed by atoms with Gasteiger partial charge in [-0.1, -0.05) is 36.4 Å². The number of halogens is 5. The Balaban J connectivity index is 1.84. The van der Waals surface area contributed by atoms with Gasteiger partial charge in [0, 0.05) is 18.6 Å². The second-order valence-corrected chi connectivity index (χ2v) is 10.4. The molecule has 1 aliphatic heterocycles. The molecule has 0 saturated carbocycles. The molecule has 2 aromatic carbocycles. The standard InChI is InChI=1S/C19H17BrF3IO3/c20-18(24,14-5-3-6-15(10-14)19(21,22)23)27-12-17(8-9-25)16-7-2-1-4-13(16)11-26-17/h1-7,10,25H,8-9,11-12H2. The van der Waals surface area contributed by atoms with Gasteiger partial charge in [0.25, 0.3) is 0 Å². The minimum atomic E-state index is -4.43. The van der Waals surface area contributed by atoms with Crippen LogP contribution in [0.2, 0.25) is 0 Å². The van der Waals surface area contributed by atoms with E-state index in [1.807, 2.05) is 46.9 Å². The molecular formula is C19H17BrF3IO3. The summed E-state index contributed by atoms with van der Waals surface area (Å²) in [6, 6.07) is 12.7. The fraction of sp³-hybridized carbons (Fsp3) is 0.368. The molecule has 0 bridgehead atoms. The third kappa shape index (κ3) is 4.50. The van der Waals surface area contributed by atoms with E-state index in [-0.39, 0.29) is 13.2 Å². The maximum Gasteiger partial charge on any atom is 0.416 e. The molecule has 146 valence electrons. The number of rotatable bonds is 6. The lowest BCUT2D eigenvalue weighted by atomic mass is 9.90. The van der Waals surface area contributed by atoms with E-state index >= 15 is 0 Å². The zero-order chi connectivity index (χ0) is 19.7. The lowest BCUT2D eigenvalue weighted by molar-refractivity contribution is -0.137. The van der Waals surface area contributed by atoms with Gasteiger partial charge in [-0.25, -0.2) is 0 Å². The van der Waals surface area contributed by atoms with E-state index in [4.69, 9.17) is 9.47 Å². The van der Waals surface area contributed by atoms with Crippen LogP contribution in [-0.4, -0.2) is 18.3 Å². The summed E-state index contributed by atoms with van der Waals surface area (Å²) in [5.41, 5.74) is 0.710. The zero-order valence-corrected chi connectivity index (χ0v) is 17.8. The van der Waals surface area contributed by atoms with E-state index in [1.54, 1.807) is 6.07 Å². The monoisotopic (exact) mass is 556 g/mol. The SMILES string of the molecule is OCCC1(COC(Br)(I)c2cccc(C(F)(F)F)c2)OCc2ccccc21. The van der Waals surface area contributed by atoms with Crippen LogP contribution < -0.4 is 0 Å². The molecule has 0 radical (unpaired) electrons. The first-order valence-corrected chi connectivity index (χ1v) is 10.1. The first kappa shape index (κ1) is 21.0. The molecule has 0 aliphatic carbocycles. The number of hydrogen-bond donors (Lipinski definition) is 1. The van der Waals surface area contributed by atoms with Crippen molar-refractivity contribution in [3.05, 3.63) is 70.8 Å². The van der Waals surface area contributed by atoms with Crippen molar-refractivity contribution in [1.82, 2.24) is 0 Å². The fourth-order valence-corrected chi connectivity index (χ4v) is 3.98. The summed E-state index contributed by atoms with van der Waals surface area (Å²) in [6.07, 6.45) is -4.10. The molecule has 27 heavy (non-hydrogen) atoms. The van der Waals surface area contributed by atoms with Crippen LogP contribution in [0.4, 0.5) is 13.2 Å². The lowest BCUT2D eigenvalue weighted by Gasteiger charge is -2.32. The number of fused-ring (bicyclic) bond motifs is 1. The van der Waals surface area contributed by atoms with E-state index in [1.165, 1.54) is 6.07 Å². The molecule has 0 aromatic heterocycles. The van der Waals surface area contributed by atoms with Crippen molar-refractivity contribution in [1.29, 1.82) is 0 Å². The van der Waals surface area contributed by atoms with Gasteiger partial charge in [-0.15, -0.1) is 0 Å². The normalized spacial score (nSPS) is 21.7. The number of benzene rings is 2. The number of hydrogen-bond acceptors (Lipinski definition) is 3. The average molecular weight is 557 g/mol. The van der Waals surface area contributed by atoms with Crippen LogP contribution in [0, 0.1) is 0 Å². The predicted molar refractivity (Wildman–Crippen MR) is 107 cm³/mol. The fourth-order valence-electron chi connectivity index (χ4n) is 3.13. The smallest absolute Gasteiger partial charge is 0.396 e. The van der Waals surface area contributed by atoms with Crippen molar-refractivity contribution in [2.75, 3.05) is 13.2 Å². The molecule has 1 N–H and O–H groups in total. The molecular weight excluding hydrogens is 540 g/mol. The Morgan fingerprint density at radius 2 is 1.85 bits per heavy atom. The van der Waals surface area contributed by atoms with Crippen molar-refractivity contribution in [2.45, 2.75) is 27.3 Å². The highest BCUT2D eigenvalue weighted by molar-refractivity contribution is 14.1. The molecule has 1 heterocycles. The van der Waals surface area contributed by atoms with E-state index in [0.717, 1.165) is 23.3 Å². The minimum Gasteiger partial charge on any atom is -0.396 e. The minimum absolute atomic E-state index is 0.0784. The van der Waals surface area contributed by atoms with Gasteiger partial charge in [-0.05, 0) is 61.8 Å². The maximum atomic E-state index is 13.0. The molecule has 8 heteroatoms. The topological polar surface area (TPSA) is 38.7 Å². The molecule has 0 fully saturated rings. The highest BCUT2D eigenvalue weighted by atomic mass is 127. The van der Waals surface area contributed by atoms with Crippen LogP contribution in [0.3, 0.4) is 0 Å². The number of ether oxygens (including phenoxy) is 2. The van der Waals surface area contributed by atoms with Crippen LogP contribution >= 0.6 is 38.5 Å². The summed E-state index contributed by atoms with van der Waals surface area (Å²) < 4.78 is 49.8. The molecule has 2 unspecified atom stereocenters. The Hall–Kier alpha value is -0.680. The molecule has 0 saturated heterocycles. The van der Waals surface area contributed by atoms with E-state index in [9.17, 15) is 18.3 Å². The Morgan fingerprint density at radius 3 is 2.56 bits per heavy atom. The Morgan fingerprint density at radius 1 is 1.15 bits per heavy atom. The predicted octanol–water partition coefficient (Wildman–Crippen LogP) is 5.47. The summed E-state index contributed by atoms with van der Waals surface area (Å²) in [4.78, 5) is 0. The highest BCUT2D eigenvalue weighted by Gasteiger charge is 2.42. The lowest BCUT2D eigenvalue weighted by Crippen LogP contribution is -2.35. The van der Waals surface area contributed by atoms with Gasteiger partial charge < -0.3 is 14.6 Å². The molecule has 3 rings (SSSR count). The molecule has 2 atom stereocenters. The van der Waals surface area contributed by atoms with Crippen molar-refractivity contribution in [3.8, 4) is 0 Å². The van der Waals surface area contributed by atoms with Gasteiger partial charge >= 0.3 is 6.18 Å². The first-order valence-electron chi connectivity index (χ1n) is 8.21. The quantitative estimate of drug-likeness (QED) is 0.379. The molecule has 0 amide bonds. The Bertz CT molecular complexity index is 809. The van der Waals surface area contributed by atoms with E-state index in [0.29, 0.717) is 18.6 Å². The van der Waals surface area contributed by atoms with Gasteiger partial charge in [-0.2, -0.15) is 13.2 Å². The van der Waals surface area contributed by atoms with Crippen molar-refractivity contribution in [3.63, 3.8) is 0 Å². The molecule has 0 spiro atoms. The van der Waals surface area contributed by atoms with Gasteiger partial charge in [0.05, 0.1) is 18.8 Å². The number of aliphatic hydroxyl groups is 1. The summed E-state index contributed by atoms with van der Waals surface area (Å²) in [6.45, 7) is 0.381. The maximum absolute atomic E-state index is 13.0. The zero-order valence-electron chi connectivity index (χ0n) is 14.1. The van der Waals surface area contributed by atoms with Gasteiger partial charge in [0.15, 0.2) is 2.52 Å². The highest BCUT2D eigenvalue weighted by Crippen LogP contribution is 2.46. The van der Waals surface area contributed by atoms with Crippen LogP contribution in [0.15, 0.2) is 48.5 Å². The van der Waals surface area contributed by atoms with E-state index in [2.05, 4.69) is 15.9 Å². The number of aliphatic hydroxyl groups excluding tert-OH is 1. The molecule has 1 aliphatic rings. The molecule has 2 aromatic rings.